The monoisotopic (exact) mass is 313 g/mol. The zero-order valence-corrected chi connectivity index (χ0v) is 13.3. The molecule has 0 amide bonds. The van der Waals surface area contributed by atoms with Gasteiger partial charge in [0.05, 0.1) is 16.8 Å². The van der Waals surface area contributed by atoms with Crippen LogP contribution in [0.2, 0.25) is 0 Å². The molecule has 0 fully saturated rings. The summed E-state index contributed by atoms with van der Waals surface area (Å²) >= 11 is 0. The van der Waals surface area contributed by atoms with Crippen LogP contribution in [0, 0.1) is 6.92 Å². The third kappa shape index (κ3) is 3.51. The van der Waals surface area contributed by atoms with Gasteiger partial charge in [-0.3, -0.25) is 0 Å². The molecular formula is C18H19NO4. The topological polar surface area (TPSA) is 86.6 Å². The quantitative estimate of drug-likeness (QED) is 0.768. The van der Waals surface area contributed by atoms with Gasteiger partial charge in [0.2, 0.25) is 0 Å². The number of benzene rings is 2. The third-order valence-corrected chi connectivity index (χ3v) is 3.70. The van der Waals surface area contributed by atoms with Gasteiger partial charge in [-0.05, 0) is 42.2 Å². The van der Waals surface area contributed by atoms with Gasteiger partial charge < -0.3 is 15.5 Å². The maximum Gasteiger partial charge on any atom is 0.338 e. The van der Waals surface area contributed by atoms with Crippen LogP contribution in [-0.4, -0.2) is 22.2 Å². The number of aryl methyl sites for hydroxylation is 1. The van der Waals surface area contributed by atoms with Crippen LogP contribution in [0.15, 0.2) is 36.4 Å². The molecule has 0 aliphatic carbocycles. The first-order valence-electron chi connectivity index (χ1n) is 7.28. The Hall–Kier alpha value is -2.82. The Labute approximate surface area is 134 Å². The molecule has 0 radical (unpaired) electrons. The summed E-state index contributed by atoms with van der Waals surface area (Å²) in [4.78, 5) is 22.9. The molecule has 2 rings (SSSR count). The highest BCUT2D eigenvalue weighted by Gasteiger charge is 2.21. The van der Waals surface area contributed by atoms with Gasteiger partial charge in [-0.15, -0.1) is 0 Å². The fourth-order valence-electron chi connectivity index (χ4n) is 2.39. The standard InChI is InChI=1S/C18H19NO4/c1-10(2)12-5-7-13(8-6-12)19-16-14(17(20)21)9-4-11(3)15(16)18(22)23/h4-10,19H,1-3H3,(H,20,21)(H,22,23). The number of carboxylic acids is 2. The van der Waals surface area contributed by atoms with Crippen LogP contribution in [0.4, 0.5) is 11.4 Å². The van der Waals surface area contributed by atoms with E-state index >= 15 is 0 Å². The highest BCUT2D eigenvalue weighted by atomic mass is 16.4. The van der Waals surface area contributed by atoms with E-state index in [0.29, 0.717) is 17.2 Å². The van der Waals surface area contributed by atoms with Crippen LogP contribution >= 0.6 is 0 Å². The van der Waals surface area contributed by atoms with Gasteiger partial charge in [0.25, 0.3) is 0 Å². The van der Waals surface area contributed by atoms with Crippen molar-refractivity contribution in [2.45, 2.75) is 26.7 Å². The molecule has 0 bridgehead atoms. The summed E-state index contributed by atoms with van der Waals surface area (Å²) in [6.07, 6.45) is 0. The summed E-state index contributed by atoms with van der Waals surface area (Å²) in [5, 5.41) is 21.7. The minimum absolute atomic E-state index is 0.0298. The zero-order chi connectivity index (χ0) is 17.1. The fourth-order valence-corrected chi connectivity index (χ4v) is 2.39. The fraction of sp³-hybridized carbons (Fsp3) is 0.222. The Morgan fingerprint density at radius 2 is 1.57 bits per heavy atom. The van der Waals surface area contributed by atoms with E-state index in [9.17, 15) is 19.8 Å². The lowest BCUT2D eigenvalue weighted by molar-refractivity contribution is 0.0695. The Morgan fingerprint density at radius 3 is 2.04 bits per heavy atom. The number of hydrogen-bond acceptors (Lipinski definition) is 3. The van der Waals surface area contributed by atoms with Crippen molar-refractivity contribution in [3.8, 4) is 0 Å². The van der Waals surface area contributed by atoms with Crippen LogP contribution in [0.1, 0.15) is 51.6 Å². The van der Waals surface area contributed by atoms with Gasteiger partial charge in [-0.2, -0.15) is 0 Å². The molecule has 0 heterocycles. The van der Waals surface area contributed by atoms with Crippen LogP contribution in [-0.2, 0) is 0 Å². The molecule has 120 valence electrons. The highest BCUT2D eigenvalue weighted by molar-refractivity contribution is 6.05. The van der Waals surface area contributed by atoms with E-state index in [1.807, 2.05) is 24.3 Å². The van der Waals surface area contributed by atoms with Gasteiger partial charge in [0.1, 0.15) is 0 Å². The van der Waals surface area contributed by atoms with Gasteiger partial charge in [-0.1, -0.05) is 32.0 Å². The lowest BCUT2D eigenvalue weighted by Crippen LogP contribution is -2.11. The number of carbonyl (C=O) groups is 2. The second-order valence-electron chi connectivity index (χ2n) is 5.69. The van der Waals surface area contributed by atoms with E-state index in [2.05, 4.69) is 19.2 Å². The second kappa shape index (κ2) is 6.52. The van der Waals surface area contributed by atoms with E-state index in [0.717, 1.165) is 5.56 Å². The van der Waals surface area contributed by atoms with Crippen LogP contribution in [0.25, 0.3) is 0 Å². The van der Waals surface area contributed by atoms with Gasteiger partial charge >= 0.3 is 11.9 Å². The Kier molecular flexibility index (Phi) is 4.69. The molecule has 3 N–H and O–H groups in total. The first kappa shape index (κ1) is 16.5. The third-order valence-electron chi connectivity index (χ3n) is 3.70. The lowest BCUT2D eigenvalue weighted by Gasteiger charge is -2.15. The molecule has 5 nitrogen and oxygen atoms in total. The van der Waals surface area contributed by atoms with Crippen molar-refractivity contribution in [1.29, 1.82) is 0 Å². The molecule has 0 aliphatic heterocycles. The van der Waals surface area contributed by atoms with Crippen molar-refractivity contribution in [3.05, 3.63) is 58.7 Å². The molecule has 5 heteroatoms. The van der Waals surface area contributed by atoms with Crippen molar-refractivity contribution in [2.75, 3.05) is 5.32 Å². The summed E-state index contributed by atoms with van der Waals surface area (Å²) in [5.41, 5.74) is 2.30. The molecule has 2 aromatic rings. The summed E-state index contributed by atoms with van der Waals surface area (Å²) in [5.74, 6) is -1.95. The van der Waals surface area contributed by atoms with Crippen LogP contribution in [0.3, 0.4) is 0 Å². The van der Waals surface area contributed by atoms with Crippen molar-refractivity contribution in [2.24, 2.45) is 0 Å². The summed E-state index contributed by atoms with van der Waals surface area (Å²) in [7, 11) is 0. The second-order valence-corrected chi connectivity index (χ2v) is 5.69. The molecule has 23 heavy (non-hydrogen) atoms. The SMILES string of the molecule is Cc1ccc(C(=O)O)c(Nc2ccc(C(C)C)cc2)c1C(=O)O. The highest BCUT2D eigenvalue weighted by Crippen LogP contribution is 2.29. The molecule has 2 aromatic carbocycles. The summed E-state index contributed by atoms with van der Waals surface area (Å²) in [6, 6.07) is 10.4. The number of aromatic carboxylic acids is 2. The molecule has 0 atom stereocenters. The lowest BCUT2D eigenvalue weighted by atomic mass is 10.0. The van der Waals surface area contributed by atoms with E-state index in [1.165, 1.54) is 12.1 Å². The predicted octanol–water partition coefficient (Wildman–Crippen LogP) is 4.26. The number of hydrogen-bond donors (Lipinski definition) is 3. The molecular weight excluding hydrogens is 294 g/mol. The molecule has 0 aromatic heterocycles. The number of anilines is 2. The minimum atomic E-state index is -1.17. The van der Waals surface area contributed by atoms with E-state index in [4.69, 9.17) is 0 Å². The zero-order valence-electron chi connectivity index (χ0n) is 13.3. The van der Waals surface area contributed by atoms with Crippen molar-refractivity contribution >= 4 is 23.3 Å². The Balaban J connectivity index is 2.50. The molecule has 0 aliphatic rings. The summed E-state index contributed by atoms with van der Waals surface area (Å²) in [6.45, 7) is 5.80. The van der Waals surface area contributed by atoms with Crippen molar-refractivity contribution in [1.82, 2.24) is 0 Å². The number of carboxylic acid groups (broad SMARTS) is 2. The Bertz CT molecular complexity index is 748. The Morgan fingerprint density at radius 1 is 0.957 bits per heavy atom. The summed E-state index contributed by atoms with van der Waals surface area (Å²) < 4.78 is 0. The van der Waals surface area contributed by atoms with Crippen LogP contribution in [0.5, 0.6) is 0 Å². The minimum Gasteiger partial charge on any atom is -0.478 e. The van der Waals surface area contributed by atoms with Crippen molar-refractivity contribution < 1.29 is 19.8 Å². The first-order valence-corrected chi connectivity index (χ1v) is 7.28. The van der Waals surface area contributed by atoms with E-state index in [1.54, 1.807) is 6.92 Å². The number of rotatable bonds is 5. The molecule has 0 unspecified atom stereocenters. The van der Waals surface area contributed by atoms with Gasteiger partial charge in [0.15, 0.2) is 0 Å². The number of nitrogens with one attached hydrogen (secondary N) is 1. The largest absolute Gasteiger partial charge is 0.478 e. The smallest absolute Gasteiger partial charge is 0.338 e. The van der Waals surface area contributed by atoms with Crippen molar-refractivity contribution in [3.63, 3.8) is 0 Å². The van der Waals surface area contributed by atoms with Crippen LogP contribution < -0.4 is 5.32 Å². The molecule has 0 spiro atoms. The average Bonchev–Trinajstić information content (AvgIpc) is 2.47. The average molecular weight is 313 g/mol. The molecule has 0 saturated heterocycles. The van der Waals surface area contributed by atoms with Gasteiger partial charge in [0, 0.05) is 5.69 Å². The van der Waals surface area contributed by atoms with Gasteiger partial charge in [-0.25, -0.2) is 9.59 Å². The van der Waals surface area contributed by atoms with E-state index in [-0.39, 0.29) is 16.8 Å². The van der Waals surface area contributed by atoms with E-state index < -0.39 is 11.9 Å². The first-order chi connectivity index (χ1) is 10.8. The maximum absolute atomic E-state index is 11.5. The normalized spacial score (nSPS) is 10.6. The predicted molar refractivity (Wildman–Crippen MR) is 88.9 cm³/mol. The molecule has 0 saturated carbocycles. The maximum atomic E-state index is 11.5.